The lowest BCUT2D eigenvalue weighted by Crippen LogP contribution is -2.41. The van der Waals surface area contributed by atoms with Crippen LogP contribution in [-0.2, 0) is 11.3 Å². The van der Waals surface area contributed by atoms with Crippen LogP contribution in [0.4, 0.5) is 10.1 Å². The van der Waals surface area contributed by atoms with Gasteiger partial charge in [0.15, 0.2) is 0 Å². The average Bonchev–Trinajstić information content (AvgIpc) is 2.28. The number of aliphatic hydroxyl groups excluding tert-OH is 1. The molecule has 4 heteroatoms. The van der Waals surface area contributed by atoms with Gasteiger partial charge < -0.3 is 14.7 Å². The molecule has 1 atom stereocenters. The smallest absolute Gasteiger partial charge is 0.125 e. The zero-order valence-corrected chi connectivity index (χ0v) is 9.32. The Labute approximate surface area is 94.4 Å². The maximum Gasteiger partial charge on any atom is 0.125 e. The lowest BCUT2D eigenvalue weighted by Gasteiger charge is -2.33. The number of morpholine rings is 1. The van der Waals surface area contributed by atoms with Gasteiger partial charge in [0.2, 0.25) is 0 Å². The van der Waals surface area contributed by atoms with E-state index in [0.29, 0.717) is 12.2 Å². The van der Waals surface area contributed by atoms with E-state index in [0.717, 1.165) is 18.8 Å². The number of rotatable bonds is 2. The first kappa shape index (κ1) is 11.4. The molecule has 1 fully saturated rings. The molecule has 0 bridgehead atoms. The maximum atomic E-state index is 13.3. The van der Waals surface area contributed by atoms with Gasteiger partial charge in [-0.15, -0.1) is 0 Å². The third-order valence-electron chi connectivity index (χ3n) is 2.73. The molecule has 0 spiro atoms. The van der Waals surface area contributed by atoms with Crippen LogP contribution in [0.15, 0.2) is 18.2 Å². The lowest BCUT2D eigenvalue weighted by molar-refractivity contribution is 0.0532. The fourth-order valence-corrected chi connectivity index (χ4v) is 1.96. The van der Waals surface area contributed by atoms with Crippen LogP contribution in [0.25, 0.3) is 0 Å². The molecule has 0 saturated carbocycles. The lowest BCUT2D eigenvalue weighted by atomic mass is 10.1. The highest BCUT2D eigenvalue weighted by molar-refractivity contribution is 5.49. The average molecular weight is 225 g/mol. The summed E-state index contributed by atoms with van der Waals surface area (Å²) in [6.07, 6.45) is 0.162. The van der Waals surface area contributed by atoms with Gasteiger partial charge in [0.1, 0.15) is 5.82 Å². The van der Waals surface area contributed by atoms with Gasteiger partial charge in [-0.1, -0.05) is 0 Å². The predicted molar refractivity (Wildman–Crippen MR) is 59.9 cm³/mol. The number of ether oxygens (including phenoxy) is 1. The van der Waals surface area contributed by atoms with Crippen molar-refractivity contribution in [3.8, 4) is 0 Å². The van der Waals surface area contributed by atoms with Crippen molar-refractivity contribution in [1.29, 1.82) is 0 Å². The minimum absolute atomic E-state index is 0.134. The van der Waals surface area contributed by atoms with Crippen LogP contribution in [0.2, 0.25) is 0 Å². The van der Waals surface area contributed by atoms with E-state index in [1.807, 2.05) is 13.0 Å². The zero-order chi connectivity index (χ0) is 11.5. The molecule has 1 aliphatic rings. The Balaban J connectivity index is 2.21. The molecule has 1 aliphatic heterocycles. The molecule has 1 saturated heterocycles. The molecule has 1 heterocycles. The maximum absolute atomic E-state index is 13.3. The molecular weight excluding hydrogens is 209 g/mol. The van der Waals surface area contributed by atoms with Crippen molar-refractivity contribution < 1.29 is 14.2 Å². The van der Waals surface area contributed by atoms with Gasteiger partial charge in [0.25, 0.3) is 0 Å². The molecule has 1 unspecified atom stereocenters. The minimum atomic E-state index is -0.305. The van der Waals surface area contributed by atoms with Gasteiger partial charge in [-0.05, 0) is 30.7 Å². The minimum Gasteiger partial charge on any atom is -0.392 e. The molecule has 88 valence electrons. The first-order valence-electron chi connectivity index (χ1n) is 5.46. The van der Waals surface area contributed by atoms with Gasteiger partial charge in [0, 0.05) is 18.8 Å². The molecule has 1 aromatic rings. The second-order valence-corrected chi connectivity index (χ2v) is 4.10. The molecule has 0 aromatic heterocycles. The van der Waals surface area contributed by atoms with Crippen molar-refractivity contribution in [2.75, 3.05) is 24.6 Å². The van der Waals surface area contributed by atoms with Gasteiger partial charge in [-0.2, -0.15) is 0 Å². The summed E-state index contributed by atoms with van der Waals surface area (Å²) in [5.74, 6) is -0.305. The van der Waals surface area contributed by atoms with E-state index in [4.69, 9.17) is 9.84 Å². The Morgan fingerprint density at radius 2 is 2.31 bits per heavy atom. The van der Waals surface area contributed by atoms with Gasteiger partial charge >= 0.3 is 0 Å². The Hall–Kier alpha value is -1.13. The topological polar surface area (TPSA) is 32.7 Å². The molecule has 0 amide bonds. The first-order valence-corrected chi connectivity index (χ1v) is 5.46. The largest absolute Gasteiger partial charge is 0.392 e. The number of aliphatic hydroxyl groups is 1. The fraction of sp³-hybridized carbons (Fsp3) is 0.500. The number of nitrogens with zero attached hydrogens (tertiary/aromatic N) is 1. The van der Waals surface area contributed by atoms with Gasteiger partial charge in [0.05, 0.1) is 19.3 Å². The number of halogens is 1. The normalized spacial score (nSPS) is 21.2. The summed E-state index contributed by atoms with van der Waals surface area (Å²) in [5, 5.41) is 9.03. The molecular formula is C12H16FNO2. The monoisotopic (exact) mass is 225 g/mol. The van der Waals surface area contributed by atoms with E-state index in [1.165, 1.54) is 12.1 Å². The van der Waals surface area contributed by atoms with E-state index in [9.17, 15) is 4.39 Å². The standard InChI is InChI=1S/C12H16FNO2/c1-9-7-14(2-3-16-9)12-5-10(8-15)4-11(13)6-12/h4-6,9,15H,2-3,7-8H2,1H3. The van der Waals surface area contributed by atoms with Crippen molar-refractivity contribution in [3.05, 3.63) is 29.6 Å². The van der Waals surface area contributed by atoms with Crippen molar-refractivity contribution >= 4 is 5.69 Å². The zero-order valence-electron chi connectivity index (χ0n) is 9.32. The molecule has 0 radical (unpaired) electrons. The first-order chi connectivity index (χ1) is 7.69. The summed E-state index contributed by atoms with van der Waals surface area (Å²) in [6.45, 7) is 4.04. The predicted octanol–water partition coefficient (Wildman–Crippen LogP) is 1.54. The molecule has 1 aromatic carbocycles. The molecule has 16 heavy (non-hydrogen) atoms. The summed E-state index contributed by atoms with van der Waals surface area (Å²) >= 11 is 0. The molecule has 1 N–H and O–H groups in total. The van der Waals surface area contributed by atoms with Crippen LogP contribution in [0.5, 0.6) is 0 Å². The number of anilines is 1. The molecule has 3 nitrogen and oxygen atoms in total. The highest BCUT2D eigenvalue weighted by Crippen LogP contribution is 2.21. The summed E-state index contributed by atoms with van der Waals surface area (Å²) < 4.78 is 18.7. The number of hydrogen-bond donors (Lipinski definition) is 1. The second-order valence-electron chi connectivity index (χ2n) is 4.10. The quantitative estimate of drug-likeness (QED) is 0.828. The SMILES string of the molecule is CC1CN(c2cc(F)cc(CO)c2)CCO1. The Morgan fingerprint density at radius 3 is 3.00 bits per heavy atom. The van der Waals surface area contributed by atoms with Crippen LogP contribution >= 0.6 is 0 Å². The van der Waals surface area contributed by atoms with Crippen LogP contribution in [0.3, 0.4) is 0 Å². The Kier molecular flexibility index (Phi) is 3.41. The van der Waals surface area contributed by atoms with Crippen LogP contribution in [-0.4, -0.2) is 30.9 Å². The Bertz CT molecular complexity index is 370. The van der Waals surface area contributed by atoms with Crippen molar-refractivity contribution in [1.82, 2.24) is 0 Å². The summed E-state index contributed by atoms with van der Waals surface area (Å²) in [4.78, 5) is 2.08. The van der Waals surface area contributed by atoms with E-state index >= 15 is 0 Å². The fourth-order valence-electron chi connectivity index (χ4n) is 1.96. The molecule has 2 rings (SSSR count). The summed E-state index contributed by atoms with van der Waals surface area (Å²) in [6, 6.07) is 4.67. The van der Waals surface area contributed by atoms with Crippen LogP contribution < -0.4 is 4.90 Å². The van der Waals surface area contributed by atoms with E-state index in [2.05, 4.69) is 4.90 Å². The van der Waals surface area contributed by atoms with Crippen molar-refractivity contribution in [3.63, 3.8) is 0 Å². The third-order valence-corrected chi connectivity index (χ3v) is 2.73. The van der Waals surface area contributed by atoms with Gasteiger partial charge in [-0.25, -0.2) is 4.39 Å². The number of hydrogen-bond acceptors (Lipinski definition) is 3. The third kappa shape index (κ3) is 2.51. The highest BCUT2D eigenvalue weighted by atomic mass is 19.1. The van der Waals surface area contributed by atoms with E-state index in [-0.39, 0.29) is 18.5 Å². The van der Waals surface area contributed by atoms with E-state index in [1.54, 1.807) is 0 Å². The van der Waals surface area contributed by atoms with E-state index < -0.39 is 0 Å². The number of benzene rings is 1. The molecule has 0 aliphatic carbocycles. The summed E-state index contributed by atoms with van der Waals surface area (Å²) in [5.41, 5.74) is 1.42. The van der Waals surface area contributed by atoms with Crippen molar-refractivity contribution in [2.24, 2.45) is 0 Å². The van der Waals surface area contributed by atoms with Crippen molar-refractivity contribution in [2.45, 2.75) is 19.6 Å². The van der Waals surface area contributed by atoms with Crippen LogP contribution in [0, 0.1) is 5.82 Å². The highest BCUT2D eigenvalue weighted by Gasteiger charge is 2.17. The second kappa shape index (κ2) is 4.80. The van der Waals surface area contributed by atoms with Gasteiger partial charge in [-0.3, -0.25) is 0 Å². The summed E-state index contributed by atoms with van der Waals surface area (Å²) in [7, 11) is 0. The van der Waals surface area contributed by atoms with Crippen LogP contribution in [0.1, 0.15) is 12.5 Å². The Morgan fingerprint density at radius 1 is 1.50 bits per heavy atom.